The van der Waals surface area contributed by atoms with Crippen LogP contribution in [0.2, 0.25) is 0 Å². The van der Waals surface area contributed by atoms with E-state index >= 15 is 0 Å². The quantitative estimate of drug-likeness (QED) is 0.654. The molecule has 72 valence electrons. The van der Waals surface area contributed by atoms with Gasteiger partial charge in [0.05, 0.1) is 0 Å². The highest BCUT2D eigenvalue weighted by atomic mass is 16.3. The molecule has 0 saturated carbocycles. The summed E-state index contributed by atoms with van der Waals surface area (Å²) >= 11 is 0. The van der Waals surface area contributed by atoms with Crippen LogP contribution in [-0.2, 0) is 0 Å². The summed E-state index contributed by atoms with van der Waals surface area (Å²) < 4.78 is 5.78. The molecule has 1 heteroatoms. The van der Waals surface area contributed by atoms with Crippen LogP contribution in [0.3, 0.4) is 0 Å². The molecule has 0 bridgehead atoms. The minimum Gasteiger partial charge on any atom is -0.456 e. The fourth-order valence-electron chi connectivity index (χ4n) is 1.71. The molecule has 1 nitrogen and oxygen atoms in total. The number of aryl methyl sites for hydroxylation is 2. The Kier molecular flexibility index (Phi) is 2.16. The number of fused-ring (bicyclic) bond motifs is 1. The molecule has 2 aromatic rings. The standard InChI is InChI=1S/C13H14O/c1-4-6-12-10(3)11-8-5-7-9(2)13(11)14-12/h4-8H,1-3H3/b6-4-. The molecule has 0 fully saturated rings. The Bertz CT molecular complexity index is 489. The van der Waals surface area contributed by atoms with Gasteiger partial charge in [0.1, 0.15) is 11.3 Å². The fourth-order valence-corrected chi connectivity index (χ4v) is 1.71. The Labute approximate surface area is 84.0 Å². The van der Waals surface area contributed by atoms with E-state index in [1.54, 1.807) is 0 Å². The van der Waals surface area contributed by atoms with E-state index < -0.39 is 0 Å². The van der Waals surface area contributed by atoms with Gasteiger partial charge in [-0.05, 0) is 32.4 Å². The van der Waals surface area contributed by atoms with Crippen LogP contribution >= 0.6 is 0 Å². The van der Waals surface area contributed by atoms with E-state index in [1.165, 1.54) is 16.5 Å². The van der Waals surface area contributed by atoms with Crippen molar-refractivity contribution in [2.24, 2.45) is 0 Å². The average Bonchev–Trinajstić information content (AvgIpc) is 2.48. The molecule has 0 radical (unpaired) electrons. The highest BCUT2D eigenvalue weighted by Crippen LogP contribution is 2.28. The van der Waals surface area contributed by atoms with Gasteiger partial charge >= 0.3 is 0 Å². The van der Waals surface area contributed by atoms with Gasteiger partial charge in [-0.25, -0.2) is 0 Å². The third-order valence-corrected chi connectivity index (χ3v) is 2.52. The van der Waals surface area contributed by atoms with Crippen molar-refractivity contribution in [3.05, 3.63) is 41.2 Å². The van der Waals surface area contributed by atoms with Crippen LogP contribution in [0.15, 0.2) is 28.7 Å². The predicted molar refractivity (Wildman–Crippen MR) is 60.4 cm³/mol. The van der Waals surface area contributed by atoms with Crippen LogP contribution in [-0.4, -0.2) is 0 Å². The molecule has 0 unspecified atom stereocenters. The lowest BCUT2D eigenvalue weighted by atomic mass is 10.1. The molecule has 0 aliphatic heterocycles. The molecule has 0 saturated heterocycles. The second kappa shape index (κ2) is 3.33. The lowest BCUT2D eigenvalue weighted by molar-refractivity contribution is 0.598. The summed E-state index contributed by atoms with van der Waals surface area (Å²) in [7, 11) is 0. The van der Waals surface area contributed by atoms with Crippen molar-refractivity contribution in [1.82, 2.24) is 0 Å². The molecular formula is C13H14O. The Balaban J connectivity index is 2.79. The molecule has 0 atom stereocenters. The van der Waals surface area contributed by atoms with E-state index in [9.17, 15) is 0 Å². The SMILES string of the molecule is C/C=C\c1oc2c(C)cccc2c1C. The maximum absolute atomic E-state index is 5.78. The van der Waals surface area contributed by atoms with Crippen LogP contribution in [0.4, 0.5) is 0 Å². The first-order valence-corrected chi connectivity index (χ1v) is 4.85. The third kappa shape index (κ3) is 1.25. The zero-order valence-electron chi connectivity index (χ0n) is 8.79. The van der Waals surface area contributed by atoms with Gasteiger partial charge in [-0.2, -0.15) is 0 Å². The summed E-state index contributed by atoms with van der Waals surface area (Å²) in [5.41, 5.74) is 3.43. The molecule has 0 aliphatic carbocycles. The molecule has 0 N–H and O–H groups in total. The molecule has 2 rings (SSSR count). The van der Waals surface area contributed by atoms with Crippen LogP contribution in [0.25, 0.3) is 17.0 Å². The summed E-state index contributed by atoms with van der Waals surface area (Å²) in [6, 6.07) is 6.25. The number of para-hydroxylation sites is 1. The number of hydrogen-bond acceptors (Lipinski definition) is 1. The fraction of sp³-hybridized carbons (Fsp3) is 0.231. The third-order valence-electron chi connectivity index (χ3n) is 2.52. The highest BCUT2D eigenvalue weighted by molar-refractivity contribution is 5.86. The largest absolute Gasteiger partial charge is 0.456 e. The second-order valence-electron chi connectivity index (χ2n) is 3.54. The number of rotatable bonds is 1. The zero-order chi connectivity index (χ0) is 10.1. The smallest absolute Gasteiger partial charge is 0.137 e. The van der Waals surface area contributed by atoms with Gasteiger partial charge in [-0.3, -0.25) is 0 Å². The number of benzene rings is 1. The normalized spacial score (nSPS) is 11.6. The molecule has 1 aromatic heterocycles. The first kappa shape index (κ1) is 9.07. The van der Waals surface area contributed by atoms with Crippen molar-refractivity contribution in [3.63, 3.8) is 0 Å². The van der Waals surface area contributed by atoms with Crippen LogP contribution in [0, 0.1) is 13.8 Å². The van der Waals surface area contributed by atoms with E-state index in [4.69, 9.17) is 4.42 Å². The first-order valence-electron chi connectivity index (χ1n) is 4.85. The summed E-state index contributed by atoms with van der Waals surface area (Å²) in [5, 5.41) is 1.22. The van der Waals surface area contributed by atoms with Crippen molar-refractivity contribution in [3.8, 4) is 0 Å². The van der Waals surface area contributed by atoms with E-state index in [2.05, 4.69) is 32.0 Å². The Morgan fingerprint density at radius 2 is 2.00 bits per heavy atom. The average molecular weight is 186 g/mol. The minimum atomic E-state index is 0.969. The van der Waals surface area contributed by atoms with Crippen molar-refractivity contribution in [2.45, 2.75) is 20.8 Å². The summed E-state index contributed by atoms with van der Waals surface area (Å²) in [6.45, 7) is 6.17. The summed E-state index contributed by atoms with van der Waals surface area (Å²) in [5.74, 6) is 0.969. The summed E-state index contributed by atoms with van der Waals surface area (Å²) in [6.07, 6.45) is 4.01. The lowest BCUT2D eigenvalue weighted by Gasteiger charge is -1.92. The molecule has 1 heterocycles. The molecule has 0 aliphatic rings. The van der Waals surface area contributed by atoms with Gasteiger partial charge in [0, 0.05) is 10.9 Å². The molecule has 0 amide bonds. The Morgan fingerprint density at radius 3 is 2.64 bits per heavy atom. The van der Waals surface area contributed by atoms with Gasteiger partial charge in [0.15, 0.2) is 0 Å². The van der Waals surface area contributed by atoms with Crippen LogP contribution in [0.1, 0.15) is 23.8 Å². The molecular weight excluding hydrogens is 172 g/mol. The number of hydrogen-bond donors (Lipinski definition) is 0. The molecule has 14 heavy (non-hydrogen) atoms. The molecule has 1 aromatic carbocycles. The van der Waals surface area contributed by atoms with Gasteiger partial charge in [0.25, 0.3) is 0 Å². The van der Waals surface area contributed by atoms with Crippen molar-refractivity contribution < 1.29 is 4.42 Å². The van der Waals surface area contributed by atoms with E-state index in [-0.39, 0.29) is 0 Å². The van der Waals surface area contributed by atoms with Crippen molar-refractivity contribution >= 4 is 17.0 Å². The zero-order valence-corrected chi connectivity index (χ0v) is 8.79. The number of furan rings is 1. The van der Waals surface area contributed by atoms with Crippen LogP contribution in [0.5, 0.6) is 0 Å². The maximum atomic E-state index is 5.78. The van der Waals surface area contributed by atoms with E-state index in [1.807, 2.05) is 19.1 Å². The Hall–Kier alpha value is -1.50. The van der Waals surface area contributed by atoms with Gasteiger partial charge < -0.3 is 4.42 Å². The molecule has 0 spiro atoms. The van der Waals surface area contributed by atoms with Crippen LogP contribution < -0.4 is 0 Å². The lowest BCUT2D eigenvalue weighted by Crippen LogP contribution is -1.72. The Morgan fingerprint density at radius 1 is 1.21 bits per heavy atom. The predicted octanol–water partition coefficient (Wildman–Crippen LogP) is 4.08. The van der Waals surface area contributed by atoms with Gasteiger partial charge in [-0.1, -0.05) is 24.3 Å². The van der Waals surface area contributed by atoms with E-state index in [0.29, 0.717) is 0 Å². The second-order valence-corrected chi connectivity index (χ2v) is 3.54. The van der Waals surface area contributed by atoms with E-state index in [0.717, 1.165) is 11.3 Å². The van der Waals surface area contributed by atoms with Gasteiger partial charge in [-0.15, -0.1) is 0 Å². The monoisotopic (exact) mass is 186 g/mol. The highest BCUT2D eigenvalue weighted by Gasteiger charge is 2.08. The minimum absolute atomic E-state index is 0.969. The van der Waals surface area contributed by atoms with Crippen molar-refractivity contribution in [1.29, 1.82) is 0 Å². The summed E-state index contributed by atoms with van der Waals surface area (Å²) in [4.78, 5) is 0. The number of allylic oxidation sites excluding steroid dienone is 1. The maximum Gasteiger partial charge on any atom is 0.137 e. The topological polar surface area (TPSA) is 13.1 Å². The van der Waals surface area contributed by atoms with Crippen molar-refractivity contribution in [2.75, 3.05) is 0 Å². The first-order chi connectivity index (χ1) is 6.74. The van der Waals surface area contributed by atoms with Gasteiger partial charge in [0.2, 0.25) is 0 Å².